The van der Waals surface area contributed by atoms with Crippen molar-refractivity contribution in [2.24, 2.45) is 0 Å². The van der Waals surface area contributed by atoms with Crippen LogP contribution in [0.15, 0.2) is 36.7 Å². The predicted octanol–water partition coefficient (Wildman–Crippen LogP) is 3.40. The van der Waals surface area contributed by atoms with Crippen molar-refractivity contribution in [3.8, 4) is 0 Å². The maximum absolute atomic E-state index is 5.09. The van der Waals surface area contributed by atoms with Gasteiger partial charge in [-0.2, -0.15) is 0 Å². The average molecular weight is 273 g/mol. The van der Waals surface area contributed by atoms with E-state index < -0.39 is 0 Å². The second-order valence-electron chi connectivity index (χ2n) is 5.01. The number of rotatable bonds is 7. The summed E-state index contributed by atoms with van der Waals surface area (Å²) in [6.45, 7) is 5.98. The van der Waals surface area contributed by atoms with Crippen LogP contribution in [0, 0.1) is 6.92 Å². The van der Waals surface area contributed by atoms with Crippen LogP contribution < -0.4 is 5.32 Å². The lowest BCUT2D eigenvalue weighted by Crippen LogP contribution is -2.13. The molecule has 0 saturated carbocycles. The predicted molar refractivity (Wildman–Crippen MR) is 81.9 cm³/mol. The molecule has 108 valence electrons. The summed E-state index contributed by atoms with van der Waals surface area (Å²) in [6.07, 6.45) is 4.82. The number of aryl methyl sites for hydroxylation is 2. The fourth-order valence-electron chi connectivity index (χ4n) is 2.35. The molecule has 0 bridgehead atoms. The summed E-state index contributed by atoms with van der Waals surface area (Å²) in [6, 6.07) is 8.67. The molecule has 0 aliphatic heterocycles. The number of anilines is 1. The molecule has 2 rings (SSSR count). The van der Waals surface area contributed by atoms with Crippen molar-refractivity contribution in [2.45, 2.75) is 32.9 Å². The van der Waals surface area contributed by atoms with E-state index in [0.29, 0.717) is 0 Å². The Bertz CT molecular complexity index is 536. The van der Waals surface area contributed by atoms with Crippen molar-refractivity contribution in [3.05, 3.63) is 47.8 Å². The lowest BCUT2D eigenvalue weighted by molar-refractivity contribution is 0.190. The van der Waals surface area contributed by atoms with Crippen molar-refractivity contribution in [1.82, 2.24) is 9.55 Å². The summed E-state index contributed by atoms with van der Waals surface area (Å²) >= 11 is 0. The van der Waals surface area contributed by atoms with Gasteiger partial charge >= 0.3 is 0 Å². The highest BCUT2D eigenvalue weighted by molar-refractivity contribution is 5.36. The fourth-order valence-corrected chi connectivity index (χ4v) is 2.35. The number of aromatic nitrogens is 2. The summed E-state index contributed by atoms with van der Waals surface area (Å²) in [5.74, 6) is 0.914. The standard InChI is InChI=1S/C16H23N3O/c1-13-7-4-5-8-15(13)14(2)18-16-17-9-11-19(16)10-6-12-20-3/h4-5,7-9,11,14H,6,10,12H2,1-3H3,(H,17,18). The van der Waals surface area contributed by atoms with Gasteiger partial charge in [-0.25, -0.2) is 4.98 Å². The molecule has 0 fully saturated rings. The lowest BCUT2D eigenvalue weighted by Gasteiger charge is -2.18. The number of ether oxygens (including phenoxy) is 1. The van der Waals surface area contributed by atoms with Crippen LogP contribution in [0.3, 0.4) is 0 Å². The first-order chi connectivity index (χ1) is 9.72. The normalized spacial score (nSPS) is 12.3. The lowest BCUT2D eigenvalue weighted by atomic mass is 10.0. The fraction of sp³-hybridized carbons (Fsp3) is 0.438. The van der Waals surface area contributed by atoms with Gasteiger partial charge in [-0.15, -0.1) is 0 Å². The van der Waals surface area contributed by atoms with Crippen LogP contribution in [0.2, 0.25) is 0 Å². The molecule has 1 N–H and O–H groups in total. The van der Waals surface area contributed by atoms with Crippen LogP contribution in [0.25, 0.3) is 0 Å². The van der Waals surface area contributed by atoms with Gasteiger partial charge in [-0.05, 0) is 31.4 Å². The maximum Gasteiger partial charge on any atom is 0.203 e. The molecular formula is C16H23N3O. The molecule has 0 saturated heterocycles. The molecule has 0 radical (unpaired) electrons. The molecule has 0 spiro atoms. The van der Waals surface area contributed by atoms with Crippen LogP contribution in [-0.2, 0) is 11.3 Å². The van der Waals surface area contributed by atoms with E-state index in [0.717, 1.165) is 25.5 Å². The van der Waals surface area contributed by atoms with Gasteiger partial charge in [0.25, 0.3) is 0 Å². The Morgan fingerprint density at radius 2 is 2.15 bits per heavy atom. The summed E-state index contributed by atoms with van der Waals surface area (Å²) in [7, 11) is 1.73. The van der Waals surface area contributed by atoms with Gasteiger partial charge in [0.05, 0.1) is 6.04 Å². The van der Waals surface area contributed by atoms with Gasteiger partial charge < -0.3 is 14.6 Å². The van der Waals surface area contributed by atoms with E-state index in [1.807, 2.05) is 12.4 Å². The average Bonchev–Trinajstić information content (AvgIpc) is 2.87. The zero-order valence-electron chi connectivity index (χ0n) is 12.5. The van der Waals surface area contributed by atoms with Crippen molar-refractivity contribution in [3.63, 3.8) is 0 Å². The van der Waals surface area contributed by atoms with E-state index in [1.165, 1.54) is 11.1 Å². The molecule has 1 atom stereocenters. The Kier molecular flexibility index (Phi) is 5.18. The van der Waals surface area contributed by atoms with Crippen molar-refractivity contribution >= 4 is 5.95 Å². The van der Waals surface area contributed by atoms with Crippen LogP contribution in [-0.4, -0.2) is 23.3 Å². The second kappa shape index (κ2) is 7.10. The van der Waals surface area contributed by atoms with Crippen LogP contribution in [0.1, 0.15) is 30.5 Å². The minimum absolute atomic E-state index is 0.236. The van der Waals surface area contributed by atoms with Crippen LogP contribution >= 0.6 is 0 Å². The van der Waals surface area contributed by atoms with Crippen molar-refractivity contribution in [1.29, 1.82) is 0 Å². The molecule has 0 amide bonds. The number of imidazole rings is 1. The summed E-state index contributed by atoms with van der Waals surface area (Å²) in [4.78, 5) is 4.40. The van der Waals surface area contributed by atoms with Gasteiger partial charge in [0.1, 0.15) is 0 Å². The first kappa shape index (κ1) is 14.6. The van der Waals surface area contributed by atoms with Gasteiger partial charge in [0.15, 0.2) is 0 Å². The highest BCUT2D eigenvalue weighted by atomic mass is 16.5. The highest BCUT2D eigenvalue weighted by Crippen LogP contribution is 2.21. The minimum atomic E-state index is 0.236. The van der Waals surface area contributed by atoms with E-state index in [4.69, 9.17) is 4.74 Å². The smallest absolute Gasteiger partial charge is 0.203 e. The Morgan fingerprint density at radius 1 is 1.35 bits per heavy atom. The largest absolute Gasteiger partial charge is 0.385 e. The molecule has 20 heavy (non-hydrogen) atoms. The van der Waals surface area contributed by atoms with E-state index in [9.17, 15) is 0 Å². The molecule has 0 aliphatic rings. The Hall–Kier alpha value is -1.81. The molecule has 1 aromatic carbocycles. The Labute approximate surface area is 120 Å². The molecule has 2 aromatic rings. The minimum Gasteiger partial charge on any atom is -0.385 e. The number of hydrogen-bond acceptors (Lipinski definition) is 3. The first-order valence-corrected chi connectivity index (χ1v) is 7.04. The molecule has 1 heterocycles. The maximum atomic E-state index is 5.09. The van der Waals surface area contributed by atoms with Crippen molar-refractivity contribution in [2.75, 3.05) is 19.0 Å². The molecule has 4 heteroatoms. The first-order valence-electron chi connectivity index (χ1n) is 7.04. The van der Waals surface area contributed by atoms with Gasteiger partial charge in [-0.1, -0.05) is 24.3 Å². The molecular weight excluding hydrogens is 250 g/mol. The third kappa shape index (κ3) is 3.61. The van der Waals surface area contributed by atoms with Gasteiger partial charge in [0.2, 0.25) is 5.95 Å². The Balaban J connectivity index is 2.03. The van der Waals surface area contributed by atoms with Crippen LogP contribution in [0.5, 0.6) is 0 Å². The Morgan fingerprint density at radius 3 is 2.90 bits per heavy atom. The van der Waals surface area contributed by atoms with E-state index in [-0.39, 0.29) is 6.04 Å². The third-order valence-electron chi connectivity index (χ3n) is 3.46. The number of nitrogens with zero attached hydrogens (tertiary/aromatic N) is 2. The molecule has 1 unspecified atom stereocenters. The quantitative estimate of drug-likeness (QED) is 0.786. The molecule has 0 aliphatic carbocycles. The number of benzene rings is 1. The summed E-state index contributed by atoms with van der Waals surface area (Å²) in [5.41, 5.74) is 2.60. The van der Waals surface area contributed by atoms with E-state index in [1.54, 1.807) is 7.11 Å². The SMILES string of the molecule is COCCCn1ccnc1NC(C)c1ccccc1C. The van der Waals surface area contributed by atoms with Crippen molar-refractivity contribution < 1.29 is 4.74 Å². The van der Waals surface area contributed by atoms with E-state index >= 15 is 0 Å². The summed E-state index contributed by atoms with van der Waals surface area (Å²) < 4.78 is 7.22. The molecule has 1 aromatic heterocycles. The number of nitrogens with one attached hydrogen (secondary N) is 1. The summed E-state index contributed by atoms with van der Waals surface area (Å²) in [5, 5.41) is 3.49. The number of methoxy groups -OCH3 is 1. The highest BCUT2D eigenvalue weighted by Gasteiger charge is 2.10. The second-order valence-corrected chi connectivity index (χ2v) is 5.01. The zero-order chi connectivity index (χ0) is 14.4. The monoisotopic (exact) mass is 273 g/mol. The molecule has 4 nitrogen and oxygen atoms in total. The topological polar surface area (TPSA) is 39.1 Å². The van der Waals surface area contributed by atoms with Gasteiger partial charge in [0, 0.05) is 32.7 Å². The third-order valence-corrected chi connectivity index (χ3v) is 3.46. The number of hydrogen-bond donors (Lipinski definition) is 1. The zero-order valence-corrected chi connectivity index (χ0v) is 12.5. The van der Waals surface area contributed by atoms with Crippen LogP contribution in [0.4, 0.5) is 5.95 Å². The van der Waals surface area contributed by atoms with E-state index in [2.05, 4.69) is 53.0 Å². The van der Waals surface area contributed by atoms with Gasteiger partial charge in [-0.3, -0.25) is 0 Å².